The number of carbonyl (C=O) groups is 2. The van der Waals surface area contributed by atoms with E-state index in [2.05, 4.69) is 29.5 Å². The number of rotatable bonds is 6. The van der Waals surface area contributed by atoms with Gasteiger partial charge in [0.2, 0.25) is 11.8 Å². The van der Waals surface area contributed by atoms with Gasteiger partial charge in [-0.3, -0.25) is 9.59 Å². The van der Waals surface area contributed by atoms with Gasteiger partial charge in [0.15, 0.2) is 0 Å². The molecule has 0 N–H and O–H groups in total. The summed E-state index contributed by atoms with van der Waals surface area (Å²) < 4.78 is 94.8. The lowest BCUT2D eigenvalue weighted by Crippen LogP contribution is -2.89. The van der Waals surface area contributed by atoms with Crippen molar-refractivity contribution in [2.45, 2.75) is 23.6 Å². The zero-order valence-electron chi connectivity index (χ0n) is 16.2. The molecule has 3 rings (SSSR count). The maximum atomic E-state index is 15.1. The molecule has 16 heteroatoms. The number of ether oxygens (including phenoxy) is 2. The smallest absolute Gasteiger partial charge is 0.395 e. The molecule has 1 aliphatic rings. The van der Waals surface area contributed by atoms with Crippen LogP contribution in [0.25, 0.3) is 20.9 Å². The molecule has 2 aromatic carbocycles. The maximum Gasteiger partial charge on any atom is 0.395 e. The van der Waals surface area contributed by atoms with Gasteiger partial charge in [0.1, 0.15) is 11.5 Å². The highest BCUT2D eigenvalue weighted by Crippen LogP contribution is 2.68. The first-order valence-electron chi connectivity index (χ1n) is 8.75. The Labute approximate surface area is 183 Å². The molecule has 2 aromatic rings. The topological polar surface area (TPSA) is 150 Å². The van der Waals surface area contributed by atoms with Crippen LogP contribution in [0.3, 0.4) is 0 Å². The molecule has 0 bridgehead atoms. The van der Waals surface area contributed by atoms with Gasteiger partial charge in [-0.05, 0) is 69.8 Å². The molecular formula is C18H8F6N6O4. The minimum absolute atomic E-state index is 0.290. The molecule has 0 saturated heterocycles. The highest BCUT2D eigenvalue weighted by atomic mass is 19.3. The fourth-order valence-corrected chi connectivity index (χ4v) is 2.86. The first-order chi connectivity index (χ1) is 15.8. The Bertz CT molecular complexity index is 1150. The van der Waals surface area contributed by atoms with Crippen molar-refractivity contribution in [1.29, 1.82) is 0 Å². The van der Waals surface area contributed by atoms with E-state index in [1.807, 2.05) is 0 Å². The number of carbonyl (C=O) groups excluding carboxylic acids is 2. The lowest BCUT2D eigenvalue weighted by Gasteiger charge is -2.55. The summed E-state index contributed by atoms with van der Waals surface area (Å²) in [4.78, 5) is 27.3. The van der Waals surface area contributed by atoms with Gasteiger partial charge in [0.25, 0.3) is 0 Å². The van der Waals surface area contributed by atoms with E-state index in [-0.39, 0.29) is 11.1 Å². The van der Waals surface area contributed by atoms with Crippen molar-refractivity contribution in [2.24, 2.45) is 10.2 Å². The van der Waals surface area contributed by atoms with Gasteiger partial charge in [-0.2, -0.15) is 26.3 Å². The fourth-order valence-electron chi connectivity index (χ4n) is 2.86. The lowest BCUT2D eigenvalue weighted by atomic mass is 9.76. The van der Waals surface area contributed by atoms with E-state index in [0.717, 1.165) is 24.3 Å². The molecule has 0 heterocycles. The van der Waals surface area contributed by atoms with Crippen molar-refractivity contribution in [2.75, 3.05) is 0 Å². The first kappa shape index (κ1) is 24.2. The molecule has 2 unspecified atom stereocenters. The van der Waals surface area contributed by atoms with Crippen LogP contribution in [0.1, 0.15) is 20.7 Å². The number of benzene rings is 2. The van der Waals surface area contributed by atoms with E-state index in [0.29, 0.717) is 24.3 Å². The molecule has 176 valence electrons. The Morgan fingerprint density at radius 3 is 1.21 bits per heavy atom. The van der Waals surface area contributed by atoms with Crippen LogP contribution in [0, 0.1) is 0 Å². The van der Waals surface area contributed by atoms with Gasteiger partial charge >= 0.3 is 23.6 Å². The van der Waals surface area contributed by atoms with Gasteiger partial charge in [-0.1, -0.05) is 0 Å². The molecule has 1 aliphatic carbocycles. The third-order valence-electron chi connectivity index (χ3n) is 4.61. The molecular weight excluding hydrogens is 478 g/mol. The Morgan fingerprint density at radius 2 is 0.941 bits per heavy atom. The van der Waals surface area contributed by atoms with Crippen LogP contribution in [0.15, 0.2) is 58.8 Å². The second-order valence-electron chi connectivity index (χ2n) is 6.58. The Morgan fingerprint density at radius 1 is 0.647 bits per heavy atom. The SMILES string of the molecule is [N-]=[N+]=NC(=O)c1ccc(OC2(F)C(F)(F)C(F)(F)C2(F)Oc2ccc(C(=O)N=[N+]=[N-])cc2)cc1. The predicted molar refractivity (Wildman–Crippen MR) is 98.7 cm³/mol. The molecule has 0 radical (unpaired) electrons. The largest absolute Gasteiger partial charge is 0.447 e. The minimum atomic E-state index is -5.70. The normalized spacial score (nSPS) is 23.9. The highest BCUT2D eigenvalue weighted by Gasteiger charge is 3.03. The number of hydrogen-bond donors (Lipinski definition) is 0. The Kier molecular flexibility index (Phi) is 5.82. The summed E-state index contributed by atoms with van der Waals surface area (Å²) in [6.07, 6.45) is 0. The molecule has 2 amide bonds. The quantitative estimate of drug-likeness (QED) is 0.224. The molecule has 0 spiro atoms. The third-order valence-corrected chi connectivity index (χ3v) is 4.61. The van der Waals surface area contributed by atoms with Gasteiger partial charge in [-0.15, -0.1) is 0 Å². The molecule has 2 atom stereocenters. The van der Waals surface area contributed by atoms with Crippen LogP contribution in [0.5, 0.6) is 11.5 Å². The number of hydrogen-bond acceptors (Lipinski definition) is 4. The van der Waals surface area contributed by atoms with E-state index in [1.165, 1.54) is 0 Å². The maximum absolute atomic E-state index is 15.1. The number of amides is 2. The first-order valence-corrected chi connectivity index (χ1v) is 8.75. The van der Waals surface area contributed by atoms with E-state index in [4.69, 9.17) is 11.1 Å². The van der Waals surface area contributed by atoms with E-state index >= 15 is 8.78 Å². The summed E-state index contributed by atoms with van der Waals surface area (Å²) in [5.74, 6) is -25.5. The molecule has 1 fully saturated rings. The van der Waals surface area contributed by atoms with Gasteiger partial charge in [0.05, 0.1) is 0 Å². The summed E-state index contributed by atoms with van der Waals surface area (Å²) in [7, 11) is 0. The zero-order chi connectivity index (χ0) is 25.4. The van der Waals surface area contributed by atoms with Crippen molar-refractivity contribution < 1.29 is 45.4 Å². The molecule has 0 aromatic heterocycles. The molecule has 34 heavy (non-hydrogen) atoms. The van der Waals surface area contributed by atoms with Crippen LogP contribution in [0.2, 0.25) is 0 Å². The predicted octanol–water partition coefficient (Wildman–Crippen LogP) is 5.66. The van der Waals surface area contributed by atoms with E-state index < -0.39 is 46.9 Å². The van der Waals surface area contributed by atoms with Crippen LogP contribution in [-0.4, -0.2) is 35.4 Å². The van der Waals surface area contributed by atoms with Crippen molar-refractivity contribution >= 4 is 11.8 Å². The van der Waals surface area contributed by atoms with Gasteiger partial charge in [0, 0.05) is 21.0 Å². The monoisotopic (exact) mass is 486 g/mol. The average Bonchev–Trinajstić information content (AvgIpc) is 2.79. The summed E-state index contributed by atoms with van der Waals surface area (Å²) in [5, 5.41) is 5.50. The summed E-state index contributed by atoms with van der Waals surface area (Å²) in [5.41, 5.74) is 15.8. The van der Waals surface area contributed by atoms with E-state index in [1.54, 1.807) is 0 Å². The highest BCUT2D eigenvalue weighted by molar-refractivity contribution is 5.95. The number of azide groups is 2. The van der Waals surface area contributed by atoms with Crippen molar-refractivity contribution in [1.82, 2.24) is 0 Å². The van der Waals surface area contributed by atoms with Crippen LogP contribution < -0.4 is 9.47 Å². The second-order valence-corrected chi connectivity index (χ2v) is 6.58. The minimum Gasteiger partial charge on any atom is -0.447 e. The summed E-state index contributed by atoms with van der Waals surface area (Å²) in [6, 6.07) is 5.98. The standard InChI is InChI=1S/C18H8F6N6O4/c19-15(20)16(21,22)18(24,34-12-7-3-10(4-8-12)14(32)28-30-26)17(15,23)33-11-5-1-9(2-6-11)13(31)27-29-25/h1-8H. The third kappa shape index (κ3) is 3.41. The second kappa shape index (κ2) is 8.17. The Balaban J connectivity index is 1.92. The van der Waals surface area contributed by atoms with Crippen molar-refractivity contribution in [3.05, 3.63) is 80.5 Å². The number of halogens is 6. The summed E-state index contributed by atoms with van der Waals surface area (Å²) in [6.45, 7) is 0. The van der Waals surface area contributed by atoms with E-state index in [9.17, 15) is 27.2 Å². The van der Waals surface area contributed by atoms with Gasteiger partial charge in [-0.25, -0.2) is 0 Å². The fraction of sp³-hybridized carbons (Fsp3) is 0.222. The molecule has 10 nitrogen and oxygen atoms in total. The van der Waals surface area contributed by atoms with Crippen LogP contribution in [0.4, 0.5) is 26.3 Å². The number of nitrogens with zero attached hydrogens (tertiary/aromatic N) is 6. The lowest BCUT2D eigenvalue weighted by molar-refractivity contribution is -0.527. The van der Waals surface area contributed by atoms with Crippen LogP contribution >= 0.6 is 0 Å². The zero-order valence-corrected chi connectivity index (χ0v) is 16.2. The Hall–Kier alpha value is -4.42. The van der Waals surface area contributed by atoms with Gasteiger partial charge < -0.3 is 9.47 Å². The summed E-state index contributed by atoms with van der Waals surface area (Å²) >= 11 is 0. The molecule has 0 aliphatic heterocycles. The van der Waals surface area contributed by atoms with Crippen LogP contribution in [-0.2, 0) is 0 Å². The van der Waals surface area contributed by atoms with Crippen molar-refractivity contribution in [3.63, 3.8) is 0 Å². The molecule has 1 saturated carbocycles. The van der Waals surface area contributed by atoms with Crippen molar-refractivity contribution in [3.8, 4) is 11.5 Å². The average molecular weight is 486 g/mol. The number of alkyl halides is 6.